The van der Waals surface area contributed by atoms with E-state index < -0.39 is 0 Å². The predicted molar refractivity (Wildman–Crippen MR) is 105 cm³/mol. The highest BCUT2D eigenvalue weighted by molar-refractivity contribution is 5.94. The fourth-order valence-electron chi connectivity index (χ4n) is 3.08. The lowest BCUT2D eigenvalue weighted by Crippen LogP contribution is -2.31. The van der Waals surface area contributed by atoms with Crippen molar-refractivity contribution >= 4 is 5.91 Å². The van der Waals surface area contributed by atoms with Crippen molar-refractivity contribution in [3.63, 3.8) is 0 Å². The summed E-state index contributed by atoms with van der Waals surface area (Å²) in [6.07, 6.45) is 6.77. The zero-order chi connectivity index (χ0) is 19.3. The largest absolute Gasteiger partial charge is 0.338 e. The van der Waals surface area contributed by atoms with Gasteiger partial charge >= 0.3 is 0 Å². The van der Waals surface area contributed by atoms with Crippen molar-refractivity contribution in [1.29, 1.82) is 0 Å². The molecule has 140 valence electrons. The number of aromatic nitrogens is 5. The van der Waals surface area contributed by atoms with Gasteiger partial charge in [0, 0.05) is 25.0 Å². The van der Waals surface area contributed by atoms with Crippen LogP contribution in [0.3, 0.4) is 0 Å². The molecule has 7 heteroatoms. The van der Waals surface area contributed by atoms with Crippen LogP contribution in [0.15, 0.2) is 79.6 Å². The molecule has 1 N–H and O–H groups in total. The molecular weight excluding hydrogens is 352 g/mol. The third kappa shape index (κ3) is 3.83. The molecule has 0 aliphatic heterocycles. The van der Waals surface area contributed by atoms with Crippen molar-refractivity contribution in [2.75, 3.05) is 0 Å². The van der Waals surface area contributed by atoms with Crippen LogP contribution in [0.2, 0.25) is 0 Å². The van der Waals surface area contributed by atoms with Gasteiger partial charge in [-0.05, 0) is 23.3 Å². The minimum atomic E-state index is -0.330. The SMILES string of the molecule is Cn1ccnc1[C@@H](NC(=O)c1ccc(Cn2cncn2)cc1)c1ccccc1. The minimum absolute atomic E-state index is 0.149. The second kappa shape index (κ2) is 7.87. The van der Waals surface area contributed by atoms with Crippen LogP contribution in [-0.2, 0) is 13.6 Å². The van der Waals surface area contributed by atoms with Crippen LogP contribution >= 0.6 is 0 Å². The number of nitrogens with zero attached hydrogens (tertiary/aromatic N) is 5. The number of hydrogen-bond acceptors (Lipinski definition) is 4. The monoisotopic (exact) mass is 372 g/mol. The lowest BCUT2D eigenvalue weighted by Gasteiger charge is -2.19. The second-order valence-corrected chi connectivity index (χ2v) is 6.50. The summed E-state index contributed by atoms with van der Waals surface area (Å²) in [4.78, 5) is 21.3. The molecule has 28 heavy (non-hydrogen) atoms. The van der Waals surface area contributed by atoms with Gasteiger partial charge in [0.25, 0.3) is 5.91 Å². The van der Waals surface area contributed by atoms with E-state index in [-0.39, 0.29) is 11.9 Å². The molecule has 0 saturated carbocycles. The quantitative estimate of drug-likeness (QED) is 0.564. The smallest absolute Gasteiger partial charge is 0.252 e. The van der Waals surface area contributed by atoms with E-state index in [4.69, 9.17) is 0 Å². The van der Waals surface area contributed by atoms with E-state index in [0.29, 0.717) is 12.1 Å². The van der Waals surface area contributed by atoms with Crippen molar-refractivity contribution < 1.29 is 4.79 Å². The molecule has 2 heterocycles. The van der Waals surface area contributed by atoms with E-state index in [9.17, 15) is 4.79 Å². The molecule has 1 atom stereocenters. The van der Waals surface area contributed by atoms with Gasteiger partial charge in [0.15, 0.2) is 0 Å². The first-order valence-electron chi connectivity index (χ1n) is 8.95. The Bertz CT molecular complexity index is 1040. The summed E-state index contributed by atoms with van der Waals surface area (Å²) in [5.41, 5.74) is 2.62. The molecule has 0 radical (unpaired) electrons. The molecule has 0 aliphatic rings. The Kier molecular flexibility index (Phi) is 4.97. The molecule has 7 nitrogen and oxygen atoms in total. The maximum absolute atomic E-state index is 12.9. The number of amides is 1. The number of carbonyl (C=O) groups is 1. The highest BCUT2D eigenvalue weighted by Gasteiger charge is 2.21. The van der Waals surface area contributed by atoms with Crippen molar-refractivity contribution in [3.05, 3.63) is 102 Å². The van der Waals surface area contributed by atoms with Gasteiger partial charge in [-0.3, -0.25) is 4.79 Å². The first-order valence-corrected chi connectivity index (χ1v) is 8.95. The Morgan fingerprint density at radius 1 is 1.11 bits per heavy atom. The molecule has 2 aromatic heterocycles. The van der Waals surface area contributed by atoms with E-state index in [1.165, 1.54) is 6.33 Å². The van der Waals surface area contributed by atoms with Gasteiger partial charge in [-0.25, -0.2) is 14.6 Å². The normalized spacial score (nSPS) is 11.9. The highest BCUT2D eigenvalue weighted by atomic mass is 16.1. The van der Waals surface area contributed by atoms with E-state index in [1.54, 1.807) is 17.2 Å². The lowest BCUT2D eigenvalue weighted by atomic mass is 10.0. The van der Waals surface area contributed by atoms with E-state index in [2.05, 4.69) is 20.4 Å². The van der Waals surface area contributed by atoms with Crippen LogP contribution in [-0.4, -0.2) is 30.2 Å². The van der Waals surface area contributed by atoms with Gasteiger partial charge in [0.1, 0.15) is 24.5 Å². The summed E-state index contributed by atoms with van der Waals surface area (Å²) in [5, 5.41) is 7.20. The maximum atomic E-state index is 12.9. The van der Waals surface area contributed by atoms with Crippen LogP contribution < -0.4 is 5.32 Å². The Labute approximate surface area is 162 Å². The van der Waals surface area contributed by atoms with E-state index >= 15 is 0 Å². The second-order valence-electron chi connectivity index (χ2n) is 6.50. The number of aryl methyl sites for hydroxylation is 1. The zero-order valence-corrected chi connectivity index (χ0v) is 15.4. The van der Waals surface area contributed by atoms with Gasteiger partial charge in [0.05, 0.1) is 6.54 Å². The van der Waals surface area contributed by atoms with Crippen LogP contribution in [0.5, 0.6) is 0 Å². The molecule has 4 rings (SSSR count). The van der Waals surface area contributed by atoms with Crippen molar-refractivity contribution in [2.24, 2.45) is 7.05 Å². The molecule has 0 aliphatic carbocycles. The molecule has 1 amide bonds. The Morgan fingerprint density at radius 3 is 2.54 bits per heavy atom. The number of benzene rings is 2. The third-order valence-corrected chi connectivity index (χ3v) is 4.55. The summed E-state index contributed by atoms with van der Waals surface area (Å²) in [5.74, 6) is 0.631. The van der Waals surface area contributed by atoms with E-state index in [1.807, 2.05) is 72.4 Å². The summed E-state index contributed by atoms with van der Waals surface area (Å²) in [6.45, 7) is 0.613. The maximum Gasteiger partial charge on any atom is 0.252 e. The van der Waals surface area contributed by atoms with Crippen LogP contribution in [0.1, 0.15) is 33.4 Å². The summed E-state index contributed by atoms with van der Waals surface area (Å²) in [7, 11) is 1.92. The average molecular weight is 372 g/mol. The standard InChI is InChI=1S/C21H20N6O/c1-26-12-11-23-20(26)19(17-5-3-2-4-6-17)25-21(28)18-9-7-16(8-10-18)13-27-15-22-14-24-27/h2-12,14-15,19H,13H2,1H3,(H,25,28)/t19-/m0/s1. The molecule has 2 aromatic carbocycles. The molecule has 4 aromatic rings. The topological polar surface area (TPSA) is 77.6 Å². The highest BCUT2D eigenvalue weighted by Crippen LogP contribution is 2.21. The van der Waals surface area contributed by atoms with Crippen molar-refractivity contribution in [3.8, 4) is 0 Å². The molecule has 0 spiro atoms. The Morgan fingerprint density at radius 2 is 1.89 bits per heavy atom. The number of imidazole rings is 1. The van der Waals surface area contributed by atoms with Gasteiger partial charge in [-0.1, -0.05) is 42.5 Å². The van der Waals surface area contributed by atoms with Gasteiger partial charge < -0.3 is 9.88 Å². The van der Waals surface area contributed by atoms with Crippen LogP contribution in [0.25, 0.3) is 0 Å². The van der Waals surface area contributed by atoms with Crippen molar-refractivity contribution in [1.82, 2.24) is 29.6 Å². The lowest BCUT2D eigenvalue weighted by molar-refractivity contribution is 0.0941. The van der Waals surface area contributed by atoms with Gasteiger partial charge in [-0.15, -0.1) is 0 Å². The number of rotatable bonds is 6. The molecule has 0 saturated heterocycles. The predicted octanol–water partition coefficient (Wildman–Crippen LogP) is 2.58. The number of hydrogen-bond donors (Lipinski definition) is 1. The molecule has 0 unspecified atom stereocenters. The number of carbonyl (C=O) groups excluding carboxylic acids is 1. The number of nitrogens with one attached hydrogen (secondary N) is 1. The van der Waals surface area contributed by atoms with E-state index in [0.717, 1.165) is 17.0 Å². The third-order valence-electron chi connectivity index (χ3n) is 4.55. The fraction of sp³-hybridized carbons (Fsp3) is 0.143. The minimum Gasteiger partial charge on any atom is -0.338 e. The van der Waals surface area contributed by atoms with Gasteiger partial charge in [0.2, 0.25) is 0 Å². The summed E-state index contributed by atoms with van der Waals surface area (Å²) < 4.78 is 3.65. The Balaban J connectivity index is 1.54. The Hall–Kier alpha value is -3.74. The first-order chi connectivity index (χ1) is 13.7. The van der Waals surface area contributed by atoms with Gasteiger partial charge in [-0.2, -0.15) is 5.10 Å². The summed E-state index contributed by atoms with van der Waals surface area (Å²) >= 11 is 0. The first kappa shape index (κ1) is 17.7. The zero-order valence-electron chi connectivity index (χ0n) is 15.4. The average Bonchev–Trinajstić information content (AvgIpc) is 3.39. The van der Waals surface area contributed by atoms with Crippen LogP contribution in [0.4, 0.5) is 0 Å². The molecule has 0 bridgehead atoms. The molecular formula is C21H20N6O. The molecule has 0 fully saturated rings. The van der Waals surface area contributed by atoms with Crippen molar-refractivity contribution in [2.45, 2.75) is 12.6 Å². The fourth-order valence-corrected chi connectivity index (χ4v) is 3.08. The summed E-state index contributed by atoms with van der Waals surface area (Å²) in [6, 6.07) is 17.0. The van der Waals surface area contributed by atoms with Crippen LogP contribution in [0, 0.1) is 0 Å².